The van der Waals surface area contributed by atoms with E-state index in [4.69, 9.17) is 0 Å². The first-order chi connectivity index (χ1) is 8.18. The van der Waals surface area contributed by atoms with E-state index in [-0.39, 0.29) is 5.91 Å². The monoisotopic (exact) mass is 234 g/mol. The van der Waals surface area contributed by atoms with E-state index in [0.29, 0.717) is 12.0 Å². The lowest BCUT2D eigenvalue weighted by Gasteiger charge is -2.31. The molecule has 1 N–H and O–H groups in total. The standard InChI is InChI=1S/C14H22N2O/c1-11-6-5-7-12(11)16-13(17)14(10-15)8-3-2-4-9-14/h11-12H,2-9H2,1H3,(H,16,17). The lowest BCUT2D eigenvalue weighted by Crippen LogP contribution is -2.46. The second-order valence-electron chi connectivity index (χ2n) is 5.74. The molecule has 0 aliphatic heterocycles. The van der Waals surface area contributed by atoms with Crippen molar-refractivity contribution >= 4 is 5.91 Å². The van der Waals surface area contributed by atoms with E-state index >= 15 is 0 Å². The molecular formula is C14H22N2O. The molecule has 2 fully saturated rings. The van der Waals surface area contributed by atoms with Crippen molar-refractivity contribution in [1.29, 1.82) is 5.26 Å². The molecule has 2 unspecified atom stereocenters. The second kappa shape index (κ2) is 5.08. The van der Waals surface area contributed by atoms with Gasteiger partial charge in [0.05, 0.1) is 6.07 Å². The highest BCUT2D eigenvalue weighted by atomic mass is 16.2. The summed E-state index contributed by atoms with van der Waals surface area (Å²) in [6, 6.07) is 2.59. The van der Waals surface area contributed by atoms with Crippen molar-refractivity contribution in [3.8, 4) is 6.07 Å². The van der Waals surface area contributed by atoms with Gasteiger partial charge in [-0.1, -0.05) is 32.6 Å². The first kappa shape index (κ1) is 12.4. The smallest absolute Gasteiger partial charge is 0.240 e. The van der Waals surface area contributed by atoms with Gasteiger partial charge in [-0.2, -0.15) is 5.26 Å². The minimum atomic E-state index is -0.722. The van der Waals surface area contributed by atoms with E-state index < -0.39 is 5.41 Å². The molecule has 1 amide bonds. The van der Waals surface area contributed by atoms with Crippen LogP contribution >= 0.6 is 0 Å². The van der Waals surface area contributed by atoms with E-state index in [0.717, 1.165) is 38.5 Å². The molecule has 3 heteroatoms. The maximum atomic E-state index is 12.3. The third-order valence-corrected chi connectivity index (χ3v) is 4.53. The summed E-state index contributed by atoms with van der Waals surface area (Å²) in [7, 11) is 0. The number of amides is 1. The van der Waals surface area contributed by atoms with Crippen LogP contribution in [0.25, 0.3) is 0 Å². The van der Waals surface area contributed by atoms with Gasteiger partial charge in [0, 0.05) is 6.04 Å². The predicted molar refractivity (Wildman–Crippen MR) is 66.1 cm³/mol. The Kier molecular flexibility index (Phi) is 3.71. The molecule has 0 aromatic carbocycles. The molecule has 0 aromatic heterocycles. The molecule has 0 bridgehead atoms. The van der Waals surface area contributed by atoms with Gasteiger partial charge in [-0.15, -0.1) is 0 Å². The van der Waals surface area contributed by atoms with Crippen LogP contribution in [0.3, 0.4) is 0 Å². The van der Waals surface area contributed by atoms with Crippen LogP contribution < -0.4 is 5.32 Å². The lowest BCUT2D eigenvalue weighted by atomic mass is 9.74. The van der Waals surface area contributed by atoms with E-state index in [1.54, 1.807) is 0 Å². The quantitative estimate of drug-likeness (QED) is 0.798. The van der Waals surface area contributed by atoms with Crippen molar-refractivity contribution in [2.45, 2.75) is 64.3 Å². The van der Waals surface area contributed by atoms with Gasteiger partial charge in [-0.25, -0.2) is 0 Å². The van der Waals surface area contributed by atoms with Gasteiger partial charge in [0.2, 0.25) is 5.91 Å². The molecule has 94 valence electrons. The zero-order valence-electron chi connectivity index (χ0n) is 10.7. The minimum Gasteiger partial charge on any atom is -0.352 e. The van der Waals surface area contributed by atoms with Crippen LogP contribution in [-0.2, 0) is 4.79 Å². The normalized spacial score (nSPS) is 31.8. The summed E-state index contributed by atoms with van der Waals surface area (Å²) < 4.78 is 0. The van der Waals surface area contributed by atoms with Gasteiger partial charge in [0.15, 0.2) is 0 Å². The Hall–Kier alpha value is -1.04. The Morgan fingerprint density at radius 1 is 1.24 bits per heavy atom. The number of hydrogen-bond donors (Lipinski definition) is 1. The van der Waals surface area contributed by atoms with Crippen molar-refractivity contribution < 1.29 is 4.79 Å². The summed E-state index contributed by atoms with van der Waals surface area (Å²) in [6.45, 7) is 2.19. The number of nitrogens with zero attached hydrogens (tertiary/aromatic N) is 1. The van der Waals surface area contributed by atoms with Crippen molar-refractivity contribution in [2.24, 2.45) is 11.3 Å². The minimum absolute atomic E-state index is 0.00144. The SMILES string of the molecule is CC1CCCC1NC(=O)C1(C#N)CCCCC1. The predicted octanol–water partition coefficient (Wildman–Crippen LogP) is 2.77. The first-order valence-electron chi connectivity index (χ1n) is 6.90. The van der Waals surface area contributed by atoms with Gasteiger partial charge < -0.3 is 5.32 Å². The van der Waals surface area contributed by atoms with E-state index in [1.165, 1.54) is 12.8 Å². The zero-order chi connectivity index (χ0) is 12.3. The van der Waals surface area contributed by atoms with Crippen LogP contribution in [0.1, 0.15) is 58.3 Å². The molecule has 3 nitrogen and oxygen atoms in total. The van der Waals surface area contributed by atoms with Crippen molar-refractivity contribution in [2.75, 3.05) is 0 Å². The third kappa shape index (κ3) is 2.46. The summed E-state index contributed by atoms with van der Waals surface area (Å²) in [5, 5.41) is 12.5. The Balaban J connectivity index is 2.00. The molecule has 2 aliphatic carbocycles. The molecule has 0 heterocycles. The highest BCUT2D eigenvalue weighted by Crippen LogP contribution is 2.36. The lowest BCUT2D eigenvalue weighted by molar-refractivity contribution is -0.130. The van der Waals surface area contributed by atoms with Crippen molar-refractivity contribution in [3.05, 3.63) is 0 Å². The highest BCUT2D eigenvalue weighted by Gasteiger charge is 2.41. The molecule has 0 spiro atoms. The average molecular weight is 234 g/mol. The molecule has 0 saturated heterocycles. The fourth-order valence-electron chi connectivity index (χ4n) is 3.21. The van der Waals surface area contributed by atoms with Crippen LogP contribution in [0.15, 0.2) is 0 Å². The van der Waals surface area contributed by atoms with E-state index in [1.807, 2.05) is 0 Å². The molecule has 2 aliphatic rings. The molecular weight excluding hydrogens is 212 g/mol. The van der Waals surface area contributed by atoms with Gasteiger partial charge in [0.1, 0.15) is 5.41 Å². The average Bonchev–Trinajstić information content (AvgIpc) is 2.76. The number of rotatable bonds is 2. The van der Waals surface area contributed by atoms with Gasteiger partial charge >= 0.3 is 0 Å². The Bertz CT molecular complexity index is 326. The van der Waals surface area contributed by atoms with Gasteiger partial charge in [-0.05, 0) is 31.6 Å². The fourth-order valence-corrected chi connectivity index (χ4v) is 3.21. The Morgan fingerprint density at radius 2 is 1.94 bits per heavy atom. The number of carbonyl (C=O) groups excluding carboxylic acids is 1. The molecule has 2 rings (SSSR count). The number of nitrogens with one attached hydrogen (secondary N) is 1. The topological polar surface area (TPSA) is 52.9 Å². The summed E-state index contributed by atoms with van der Waals surface area (Å²) in [4.78, 5) is 12.3. The Morgan fingerprint density at radius 3 is 2.47 bits per heavy atom. The fraction of sp³-hybridized carbons (Fsp3) is 0.857. The van der Waals surface area contributed by atoms with Crippen LogP contribution in [0.2, 0.25) is 0 Å². The summed E-state index contributed by atoms with van der Waals surface area (Å²) in [6.07, 6.45) is 8.16. The summed E-state index contributed by atoms with van der Waals surface area (Å²) in [5.74, 6) is 0.566. The Labute approximate surface area is 104 Å². The van der Waals surface area contributed by atoms with E-state index in [2.05, 4.69) is 18.3 Å². The molecule has 2 atom stereocenters. The first-order valence-corrected chi connectivity index (χ1v) is 6.90. The number of nitriles is 1. The second-order valence-corrected chi connectivity index (χ2v) is 5.74. The largest absolute Gasteiger partial charge is 0.352 e. The third-order valence-electron chi connectivity index (χ3n) is 4.53. The molecule has 17 heavy (non-hydrogen) atoms. The van der Waals surface area contributed by atoms with Crippen molar-refractivity contribution in [1.82, 2.24) is 5.32 Å². The van der Waals surface area contributed by atoms with Crippen LogP contribution in [0.4, 0.5) is 0 Å². The zero-order valence-corrected chi connectivity index (χ0v) is 10.7. The molecule has 0 radical (unpaired) electrons. The van der Waals surface area contributed by atoms with Crippen LogP contribution in [0.5, 0.6) is 0 Å². The number of carbonyl (C=O) groups is 1. The van der Waals surface area contributed by atoms with Gasteiger partial charge in [-0.3, -0.25) is 4.79 Å². The summed E-state index contributed by atoms with van der Waals surface area (Å²) in [5.41, 5.74) is -0.722. The van der Waals surface area contributed by atoms with Crippen molar-refractivity contribution in [3.63, 3.8) is 0 Å². The van der Waals surface area contributed by atoms with Crippen LogP contribution in [-0.4, -0.2) is 11.9 Å². The maximum Gasteiger partial charge on any atom is 0.240 e. The highest BCUT2D eigenvalue weighted by molar-refractivity contribution is 5.85. The maximum absolute atomic E-state index is 12.3. The molecule has 2 saturated carbocycles. The van der Waals surface area contributed by atoms with Crippen LogP contribution in [0, 0.1) is 22.7 Å². The van der Waals surface area contributed by atoms with Gasteiger partial charge in [0.25, 0.3) is 0 Å². The molecule has 0 aromatic rings. The number of hydrogen-bond acceptors (Lipinski definition) is 2. The summed E-state index contributed by atoms with van der Waals surface area (Å²) >= 11 is 0. The van der Waals surface area contributed by atoms with E-state index in [9.17, 15) is 10.1 Å².